The highest BCUT2D eigenvalue weighted by molar-refractivity contribution is 7.89. The van der Waals surface area contributed by atoms with Gasteiger partial charge >= 0.3 is 0 Å². The van der Waals surface area contributed by atoms with Gasteiger partial charge in [0.25, 0.3) is 0 Å². The average Bonchev–Trinajstić information content (AvgIpc) is 4.03. The zero-order chi connectivity index (χ0) is 36.0. The van der Waals surface area contributed by atoms with Crippen LogP contribution in [-0.2, 0) is 9.13 Å². The molecule has 7 aromatic carbocycles. The molecule has 4 aromatic heterocycles. The van der Waals surface area contributed by atoms with Crippen molar-refractivity contribution in [2.75, 3.05) is 0 Å². The average molecular weight is 803 g/mol. The summed E-state index contributed by atoms with van der Waals surface area (Å²) in [5.74, 6) is 0. The molecule has 0 unspecified atom stereocenters. The number of thiophene rings is 4. The van der Waals surface area contributed by atoms with E-state index in [2.05, 4.69) is 47.8 Å². The van der Waals surface area contributed by atoms with Crippen molar-refractivity contribution in [2.45, 2.75) is 0 Å². The van der Waals surface area contributed by atoms with E-state index in [-0.39, 0.29) is 0 Å². The molecule has 4 heterocycles. The molecule has 11 rings (SSSR count). The van der Waals surface area contributed by atoms with Crippen molar-refractivity contribution in [3.63, 3.8) is 0 Å². The Morgan fingerprint density at radius 1 is 0.352 bits per heavy atom. The molecule has 8 heteroatoms. The first-order chi connectivity index (χ1) is 26.5. The third-order valence-corrected chi connectivity index (χ3v) is 21.7. The number of hydrogen-bond donors (Lipinski definition) is 0. The standard InChI is InChI=1S/C46H28O2P2S4/c47-49(29-13-5-1-6-14-29,30-15-7-2-8-16-30)34-28-51-36-22-24-39-45(43(34)36)46-40(53-39)26-25-38-44(46)42-33-27-41(54-35(33)21-23-37(42)52-38)50(48,31-17-9-3-10-18-31)32-19-11-4-12-20-32/h1-28H. The molecule has 0 aliphatic heterocycles. The van der Waals surface area contributed by atoms with Crippen LogP contribution in [0.25, 0.3) is 60.5 Å². The van der Waals surface area contributed by atoms with Gasteiger partial charge in [-0.1, -0.05) is 121 Å². The van der Waals surface area contributed by atoms with E-state index < -0.39 is 14.3 Å². The van der Waals surface area contributed by atoms with E-state index in [0.29, 0.717) is 0 Å². The van der Waals surface area contributed by atoms with Crippen LogP contribution in [0.15, 0.2) is 169 Å². The molecule has 0 aliphatic rings. The molecule has 0 radical (unpaired) electrons. The van der Waals surface area contributed by atoms with E-state index in [1.807, 2.05) is 133 Å². The number of fused-ring (bicyclic) bond motifs is 11. The summed E-state index contributed by atoms with van der Waals surface area (Å²) in [5, 5.41) is 13.4. The lowest BCUT2D eigenvalue weighted by molar-refractivity contribution is 0.592. The van der Waals surface area contributed by atoms with E-state index in [1.54, 1.807) is 34.0 Å². The summed E-state index contributed by atoms with van der Waals surface area (Å²) in [7, 11) is -6.41. The minimum Gasteiger partial charge on any atom is -0.309 e. The third kappa shape index (κ3) is 4.69. The van der Waals surface area contributed by atoms with Gasteiger partial charge in [0.1, 0.15) is 0 Å². The van der Waals surface area contributed by atoms with Crippen molar-refractivity contribution in [3.05, 3.63) is 169 Å². The molecule has 0 saturated heterocycles. The minimum absolute atomic E-state index is 0.840. The van der Waals surface area contributed by atoms with Crippen molar-refractivity contribution in [3.8, 4) is 0 Å². The van der Waals surface area contributed by atoms with Crippen molar-refractivity contribution in [1.29, 1.82) is 0 Å². The molecule has 0 spiro atoms. The number of rotatable bonds is 6. The lowest BCUT2D eigenvalue weighted by Gasteiger charge is -2.19. The van der Waals surface area contributed by atoms with E-state index in [9.17, 15) is 0 Å². The normalized spacial score (nSPS) is 12.6. The van der Waals surface area contributed by atoms with Crippen molar-refractivity contribution >= 4 is 151 Å². The van der Waals surface area contributed by atoms with Gasteiger partial charge in [0.15, 0.2) is 14.3 Å². The maximum atomic E-state index is 15.9. The molecule has 0 atom stereocenters. The second-order valence-electron chi connectivity index (χ2n) is 13.4. The molecule has 0 saturated carbocycles. The summed E-state index contributed by atoms with van der Waals surface area (Å²) in [5.41, 5.74) is 0. The van der Waals surface area contributed by atoms with Gasteiger partial charge in [0.2, 0.25) is 0 Å². The quantitative estimate of drug-likeness (QED) is 0.157. The first kappa shape index (κ1) is 32.8. The van der Waals surface area contributed by atoms with Crippen LogP contribution in [0.3, 0.4) is 0 Å². The third-order valence-electron chi connectivity index (χ3n) is 10.5. The van der Waals surface area contributed by atoms with Crippen LogP contribution in [0.5, 0.6) is 0 Å². The summed E-state index contributed by atoms with van der Waals surface area (Å²) in [6, 6.07) is 55.5. The van der Waals surface area contributed by atoms with Gasteiger partial charge in [-0.3, -0.25) is 0 Å². The molecule has 0 fully saturated rings. The molecular formula is C46H28O2P2S4. The molecule has 2 nitrogen and oxygen atoms in total. The Hall–Kier alpha value is -4.64. The summed E-state index contributed by atoms with van der Waals surface area (Å²) < 4.78 is 39.4. The summed E-state index contributed by atoms with van der Waals surface area (Å²) >= 11 is 6.94. The van der Waals surface area contributed by atoms with Crippen LogP contribution in [0.2, 0.25) is 0 Å². The molecule has 0 N–H and O–H groups in total. The Labute approximate surface area is 327 Å². The van der Waals surface area contributed by atoms with E-state index in [4.69, 9.17) is 0 Å². The fourth-order valence-electron chi connectivity index (χ4n) is 8.09. The Morgan fingerprint density at radius 2 is 0.741 bits per heavy atom. The van der Waals surface area contributed by atoms with Crippen LogP contribution in [-0.4, -0.2) is 0 Å². The Morgan fingerprint density at radius 3 is 1.24 bits per heavy atom. The molecule has 258 valence electrons. The highest BCUT2D eigenvalue weighted by Crippen LogP contribution is 2.53. The van der Waals surface area contributed by atoms with Crippen molar-refractivity contribution in [1.82, 2.24) is 0 Å². The number of hydrogen-bond acceptors (Lipinski definition) is 6. The van der Waals surface area contributed by atoms with Crippen LogP contribution in [0.1, 0.15) is 0 Å². The fourth-order valence-corrected chi connectivity index (χ4v) is 19.1. The lowest BCUT2D eigenvalue weighted by atomic mass is 10.0. The summed E-state index contributed by atoms with van der Waals surface area (Å²) in [6.07, 6.45) is 0. The van der Waals surface area contributed by atoms with Crippen LogP contribution in [0, 0.1) is 0 Å². The molecular weight excluding hydrogens is 775 g/mol. The maximum Gasteiger partial charge on any atom is 0.180 e. The summed E-state index contributed by atoms with van der Waals surface area (Å²) in [4.78, 5) is 0. The van der Waals surface area contributed by atoms with E-state index in [1.165, 1.54) is 40.3 Å². The van der Waals surface area contributed by atoms with Gasteiger partial charge in [0.05, 0.1) is 4.62 Å². The lowest BCUT2D eigenvalue weighted by Crippen LogP contribution is -2.24. The second kappa shape index (κ2) is 12.4. The SMILES string of the molecule is O=P(c1ccccc1)(c1ccccc1)c1cc2c(ccc3sc4ccc5sc6ccc7scc(P(=O)(c8ccccc8)c8ccccc8)c7c6c5c4c32)s1. The Kier molecular flexibility index (Phi) is 7.55. The second-order valence-corrected chi connectivity index (χ2v) is 23.4. The molecule has 0 bridgehead atoms. The van der Waals surface area contributed by atoms with Gasteiger partial charge in [-0.2, -0.15) is 0 Å². The van der Waals surface area contributed by atoms with Gasteiger partial charge in [0, 0.05) is 92.4 Å². The first-order valence-electron chi connectivity index (χ1n) is 17.6. The van der Waals surface area contributed by atoms with Gasteiger partial charge in [-0.15, -0.1) is 45.3 Å². The molecule has 0 aliphatic carbocycles. The highest BCUT2D eigenvalue weighted by Gasteiger charge is 2.35. The van der Waals surface area contributed by atoms with Gasteiger partial charge in [-0.05, 0) is 42.5 Å². The molecule has 11 aromatic rings. The zero-order valence-corrected chi connectivity index (χ0v) is 33.6. The Bertz CT molecular complexity index is 3240. The van der Waals surface area contributed by atoms with Crippen molar-refractivity contribution < 1.29 is 9.13 Å². The predicted molar refractivity (Wildman–Crippen MR) is 242 cm³/mol. The van der Waals surface area contributed by atoms with Gasteiger partial charge < -0.3 is 9.13 Å². The van der Waals surface area contributed by atoms with Crippen LogP contribution >= 0.6 is 59.6 Å². The summed E-state index contributed by atoms with van der Waals surface area (Å²) in [6.45, 7) is 0. The highest BCUT2D eigenvalue weighted by atomic mass is 32.1. The van der Waals surface area contributed by atoms with E-state index in [0.717, 1.165) is 51.3 Å². The molecule has 0 amide bonds. The topological polar surface area (TPSA) is 34.1 Å². The first-order valence-corrected chi connectivity index (χ1v) is 24.4. The largest absolute Gasteiger partial charge is 0.309 e. The number of benzene rings is 7. The van der Waals surface area contributed by atoms with Crippen LogP contribution in [0.4, 0.5) is 0 Å². The fraction of sp³-hybridized carbons (Fsp3) is 0. The minimum atomic E-state index is -3.25. The van der Waals surface area contributed by atoms with Gasteiger partial charge in [-0.25, -0.2) is 0 Å². The Balaban J connectivity index is 1.25. The maximum absolute atomic E-state index is 15.9. The zero-order valence-electron chi connectivity index (χ0n) is 28.5. The van der Waals surface area contributed by atoms with Crippen molar-refractivity contribution in [2.24, 2.45) is 0 Å². The van der Waals surface area contributed by atoms with E-state index >= 15 is 9.13 Å². The predicted octanol–water partition coefficient (Wildman–Crippen LogP) is 12.1. The smallest absolute Gasteiger partial charge is 0.180 e. The monoisotopic (exact) mass is 802 g/mol. The molecule has 54 heavy (non-hydrogen) atoms. The van der Waals surface area contributed by atoms with Crippen LogP contribution < -0.4 is 31.1 Å².